The second kappa shape index (κ2) is 6.15. The monoisotopic (exact) mass is 309 g/mol. The van der Waals surface area contributed by atoms with Gasteiger partial charge in [0.25, 0.3) is 0 Å². The first-order chi connectivity index (χ1) is 9.94. The molecule has 0 amide bonds. The van der Waals surface area contributed by atoms with Crippen LogP contribution in [0.5, 0.6) is 0 Å². The SMILES string of the molecule is CCNS(=O)(=O)c1ccc(N)c(NCc2ccnn2C)c1. The summed E-state index contributed by atoms with van der Waals surface area (Å²) in [4.78, 5) is 0.186. The fourth-order valence-corrected chi connectivity index (χ4v) is 2.96. The van der Waals surface area contributed by atoms with Crippen molar-refractivity contribution in [2.45, 2.75) is 18.4 Å². The Balaban J connectivity index is 2.22. The zero-order chi connectivity index (χ0) is 15.5. The molecule has 2 aromatic rings. The summed E-state index contributed by atoms with van der Waals surface area (Å²) in [5.74, 6) is 0. The highest BCUT2D eigenvalue weighted by atomic mass is 32.2. The molecule has 2 rings (SSSR count). The van der Waals surface area contributed by atoms with E-state index < -0.39 is 10.0 Å². The van der Waals surface area contributed by atoms with Crippen LogP contribution in [0.15, 0.2) is 35.4 Å². The molecule has 0 aliphatic heterocycles. The summed E-state index contributed by atoms with van der Waals surface area (Å²) in [6, 6.07) is 6.48. The van der Waals surface area contributed by atoms with Crippen LogP contribution in [-0.4, -0.2) is 24.7 Å². The predicted octanol–water partition coefficient (Wildman–Crippen LogP) is 0.913. The van der Waals surface area contributed by atoms with Crippen LogP contribution >= 0.6 is 0 Å². The Labute approximate surface area is 124 Å². The quantitative estimate of drug-likeness (QED) is 0.688. The highest BCUT2D eigenvalue weighted by Gasteiger charge is 2.14. The molecule has 0 unspecified atom stereocenters. The van der Waals surface area contributed by atoms with Gasteiger partial charge in [0, 0.05) is 19.8 Å². The molecule has 4 N–H and O–H groups in total. The molecular formula is C13H19N5O2S. The van der Waals surface area contributed by atoms with Gasteiger partial charge in [-0.05, 0) is 24.3 Å². The van der Waals surface area contributed by atoms with Gasteiger partial charge in [0.2, 0.25) is 10.0 Å². The van der Waals surface area contributed by atoms with Gasteiger partial charge in [-0.15, -0.1) is 0 Å². The molecule has 0 fully saturated rings. The first-order valence-electron chi connectivity index (χ1n) is 6.54. The van der Waals surface area contributed by atoms with Crippen molar-refractivity contribution in [3.8, 4) is 0 Å². The van der Waals surface area contributed by atoms with Gasteiger partial charge in [-0.25, -0.2) is 13.1 Å². The number of nitrogens with zero attached hydrogens (tertiary/aromatic N) is 2. The molecule has 1 heterocycles. The molecule has 0 radical (unpaired) electrons. The van der Waals surface area contributed by atoms with E-state index in [1.807, 2.05) is 13.1 Å². The molecule has 114 valence electrons. The molecule has 1 aromatic carbocycles. The average molecular weight is 309 g/mol. The van der Waals surface area contributed by atoms with Crippen LogP contribution in [0.25, 0.3) is 0 Å². The molecule has 0 aliphatic carbocycles. The van der Waals surface area contributed by atoms with Crippen molar-refractivity contribution in [1.29, 1.82) is 0 Å². The minimum Gasteiger partial charge on any atom is -0.397 e. The molecule has 0 bridgehead atoms. The highest BCUT2D eigenvalue weighted by molar-refractivity contribution is 7.89. The largest absolute Gasteiger partial charge is 0.397 e. The Morgan fingerprint density at radius 2 is 2.10 bits per heavy atom. The molecule has 0 spiro atoms. The molecule has 0 saturated carbocycles. The Bertz CT molecular complexity index is 724. The molecule has 0 atom stereocenters. The Hall–Kier alpha value is -2.06. The fourth-order valence-electron chi connectivity index (χ4n) is 1.89. The Kier molecular flexibility index (Phi) is 4.49. The number of nitrogen functional groups attached to an aromatic ring is 1. The van der Waals surface area contributed by atoms with Gasteiger partial charge < -0.3 is 11.1 Å². The van der Waals surface area contributed by atoms with Crippen LogP contribution in [0.1, 0.15) is 12.6 Å². The topological polar surface area (TPSA) is 102 Å². The maximum absolute atomic E-state index is 12.0. The second-order valence-electron chi connectivity index (χ2n) is 4.55. The van der Waals surface area contributed by atoms with Crippen LogP contribution in [-0.2, 0) is 23.6 Å². The number of hydrogen-bond donors (Lipinski definition) is 3. The molecular weight excluding hydrogens is 290 g/mol. The van der Waals surface area contributed by atoms with E-state index in [1.54, 1.807) is 23.9 Å². The number of aromatic nitrogens is 2. The second-order valence-corrected chi connectivity index (χ2v) is 6.32. The molecule has 0 aliphatic rings. The molecule has 1 aromatic heterocycles. The number of sulfonamides is 1. The number of benzene rings is 1. The van der Waals surface area contributed by atoms with Crippen molar-refractivity contribution >= 4 is 21.4 Å². The van der Waals surface area contributed by atoms with Gasteiger partial charge >= 0.3 is 0 Å². The van der Waals surface area contributed by atoms with Crippen molar-refractivity contribution in [1.82, 2.24) is 14.5 Å². The van der Waals surface area contributed by atoms with E-state index in [1.165, 1.54) is 12.1 Å². The molecule has 0 saturated heterocycles. The van der Waals surface area contributed by atoms with Crippen LogP contribution in [0.3, 0.4) is 0 Å². The third kappa shape index (κ3) is 3.53. The molecule has 7 nitrogen and oxygen atoms in total. The first-order valence-corrected chi connectivity index (χ1v) is 8.02. The van der Waals surface area contributed by atoms with Gasteiger partial charge in [-0.3, -0.25) is 4.68 Å². The predicted molar refractivity (Wildman–Crippen MR) is 82.3 cm³/mol. The minimum absolute atomic E-state index is 0.186. The Morgan fingerprint density at radius 3 is 2.71 bits per heavy atom. The molecule has 21 heavy (non-hydrogen) atoms. The third-order valence-electron chi connectivity index (χ3n) is 3.05. The smallest absolute Gasteiger partial charge is 0.240 e. The van der Waals surface area contributed by atoms with E-state index in [2.05, 4.69) is 15.1 Å². The van der Waals surface area contributed by atoms with E-state index in [4.69, 9.17) is 5.73 Å². The lowest BCUT2D eigenvalue weighted by Crippen LogP contribution is -2.23. The van der Waals surface area contributed by atoms with E-state index >= 15 is 0 Å². The van der Waals surface area contributed by atoms with Crippen LogP contribution in [0.2, 0.25) is 0 Å². The van der Waals surface area contributed by atoms with Gasteiger partial charge in [0.1, 0.15) is 0 Å². The summed E-state index contributed by atoms with van der Waals surface area (Å²) < 4.78 is 28.2. The zero-order valence-electron chi connectivity index (χ0n) is 12.0. The van der Waals surface area contributed by atoms with E-state index in [0.29, 0.717) is 24.5 Å². The Morgan fingerprint density at radius 1 is 1.33 bits per heavy atom. The summed E-state index contributed by atoms with van der Waals surface area (Å²) in [6.45, 7) is 2.58. The van der Waals surface area contributed by atoms with Gasteiger partial charge in [-0.2, -0.15) is 5.10 Å². The maximum atomic E-state index is 12.0. The summed E-state index contributed by atoms with van der Waals surface area (Å²) in [5, 5.41) is 7.20. The van der Waals surface area contributed by atoms with Gasteiger partial charge in [0.15, 0.2) is 0 Å². The average Bonchev–Trinajstić information content (AvgIpc) is 2.83. The van der Waals surface area contributed by atoms with E-state index in [-0.39, 0.29) is 4.90 Å². The lowest BCUT2D eigenvalue weighted by molar-refractivity contribution is 0.584. The van der Waals surface area contributed by atoms with Crippen LogP contribution in [0.4, 0.5) is 11.4 Å². The zero-order valence-corrected chi connectivity index (χ0v) is 12.8. The van der Waals surface area contributed by atoms with Crippen LogP contribution in [0, 0.1) is 0 Å². The van der Waals surface area contributed by atoms with Gasteiger partial charge in [0.05, 0.1) is 28.5 Å². The first kappa shape index (κ1) is 15.3. The summed E-state index contributed by atoms with van der Waals surface area (Å²) in [6.07, 6.45) is 1.70. The summed E-state index contributed by atoms with van der Waals surface area (Å²) in [5.41, 5.74) is 7.92. The number of hydrogen-bond acceptors (Lipinski definition) is 5. The third-order valence-corrected chi connectivity index (χ3v) is 4.60. The standard InChI is InChI=1S/C13H19N5O2S/c1-3-17-21(19,20)11-4-5-12(14)13(8-11)15-9-10-6-7-16-18(10)2/h4-8,15,17H,3,9,14H2,1-2H3. The maximum Gasteiger partial charge on any atom is 0.240 e. The van der Waals surface area contributed by atoms with Crippen molar-refractivity contribution in [3.63, 3.8) is 0 Å². The minimum atomic E-state index is -3.49. The molecule has 8 heteroatoms. The van der Waals surface area contributed by atoms with Crippen LogP contribution < -0.4 is 15.8 Å². The normalized spacial score (nSPS) is 11.5. The van der Waals surface area contributed by atoms with E-state index in [9.17, 15) is 8.42 Å². The number of rotatable bonds is 6. The lowest BCUT2D eigenvalue weighted by atomic mass is 10.2. The van der Waals surface area contributed by atoms with Crippen molar-refractivity contribution < 1.29 is 8.42 Å². The van der Waals surface area contributed by atoms with Crippen molar-refractivity contribution in [2.24, 2.45) is 7.05 Å². The number of nitrogens with two attached hydrogens (primary N) is 1. The van der Waals surface area contributed by atoms with Crippen molar-refractivity contribution in [3.05, 3.63) is 36.2 Å². The van der Waals surface area contributed by atoms with Gasteiger partial charge in [-0.1, -0.05) is 6.92 Å². The summed E-state index contributed by atoms with van der Waals surface area (Å²) in [7, 11) is -1.65. The fraction of sp³-hybridized carbons (Fsp3) is 0.308. The van der Waals surface area contributed by atoms with E-state index in [0.717, 1.165) is 5.69 Å². The summed E-state index contributed by atoms with van der Waals surface area (Å²) >= 11 is 0. The number of nitrogens with one attached hydrogen (secondary N) is 2. The number of aryl methyl sites for hydroxylation is 1. The number of anilines is 2. The highest BCUT2D eigenvalue weighted by Crippen LogP contribution is 2.23. The van der Waals surface area contributed by atoms with Crippen molar-refractivity contribution in [2.75, 3.05) is 17.6 Å². The lowest BCUT2D eigenvalue weighted by Gasteiger charge is -2.12.